The van der Waals surface area contributed by atoms with Crippen molar-refractivity contribution in [1.82, 2.24) is 0 Å². The Hall–Kier alpha value is -0.820. The molecule has 1 N–H and O–H groups in total. The lowest BCUT2D eigenvalue weighted by Crippen LogP contribution is -2.19. The fourth-order valence-corrected chi connectivity index (χ4v) is 2.41. The molecule has 1 unspecified atom stereocenters. The highest BCUT2D eigenvalue weighted by atomic mass is 16.3. The van der Waals surface area contributed by atoms with Crippen LogP contribution in [0.25, 0.3) is 0 Å². The van der Waals surface area contributed by atoms with Gasteiger partial charge >= 0.3 is 0 Å². The highest BCUT2D eigenvalue weighted by Gasteiger charge is 2.27. The van der Waals surface area contributed by atoms with Gasteiger partial charge in [-0.2, -0.15) is 0 Å². The van der Waals surface area contributed by atoms with Crippen molar-refractivity contribution in [2.45, 2.75) is 44.1 Å². The molecule has 0 radical (unpaired) electrons. The molecule has 0 aliphatic heterocycles. The lowest BCUT2D eigenvalue weighted by Gasteiger charge is -2.30. The maximum Gasteiger partial charge on any atom is 0.0818 e. The Morgan fingerprint density at radius 1 is 1.00 bits per heavy atom. The minimum absolute atomic E-state index is 0.216. The van der Waals surface area contributed by atoms with E-state index in [0.29, 0.717) is 5.92 Å². The van der Waals surface area contributed by atoms with Crippen molar-refractivity contribution in [3.05, 3.63) is 35.4 Å². The predicted octanol–water partition coefficient (Wildman–Crippen LogP) is 3.40. The van der Waals surface area contributed by atoms with E-state index in [1.165, 1.54) is 37.7 Å². The minimum Gasteiger partial charge on any atom is -0.388 e. The zero-order valence-electron chi connectivity index (χ0n) is 9.02. The summed E-state index contributed by atoms with van der Waals surface area (Å²) in [5.41, 5.74) is 2.57. The number of aliphatic hydroxyl groups excluding tert-OH is 1. The molecule has 1 aromatic rings. The molecule has 15 heavy (non-hydrogen) atoms. The summed E-state index contributed by atoms with van der Waals surface area (Å²) in [6, 6.07) is 8.65. The largest absolute Gasteiger partial charge is 0.388 e. The first-order valence-electron chi connectivity index (χ1n) is 6.12. The van der Waals surface area contributed by atoms with E-state index in [9.17, 15) is 5.11 Å². The van der Waals surface area contributed by atoms with Gasteiger partial charge in [0.25, 0.3) is 0 Å². The Kier molecular flexibility index (Phi) is 2.28. The van der Waals surface area contributed by atoms with E-state index in [0.717, 1.165) is 11.5 Å². The molecular formula is C14H18O. The van der Waals surface area contributed by atoms with E-state index in [1.54, 1.807) is 0 Å². The van der Waals surface area contributed by atoms with Crippen molar-refractivity contribution in [3.63, 3.8) is 0 Å². The van der Waals surface area contributed by atoms with Crippen LogP contribution in [0.1, 0.15) is 55.3 Å². The topological polar surface area (TPSA) is 20.2 Å². The first kappa shape index (κ1) is 9.41. The first-order chi connectivity index (χ1) is 7.34. The van der Waals surface area contributed by atoms with Gasteiger partial charge in [-0.1, -0.05) is 30.7 Å². The van der Waals surface area contributed by atoms with Gasteiger partial charge in [0.05, 0.1) is 6.10 Å². The summed E-state index contributed by atoms with van der Waals surface area (Å²) < 4.78 is 0. The summed E-state index contributed by atoms with van der Waals surface area (Å²) >= 11 is 0. The maximum atomic E-state index is 10.1. The molecule has 0 aromatic heterocycles. The molecule has 0 saturated heterocycles. The van der Waals surface area contributed by atoms with E-state index in [4.69, 9.17) is 0 Å². The van der Waals surface area contributed by atoms with E-state index in [1.807, 2.05) is 0 Å². The third kappa shape index (κ3) is 1.81. The number of hydrogen-bond donors (Lipinski definition) is 1. The molecule has 1 aromatic carbocycles. The van der Waals surface area contributed by atoms with Crippen LogP contribution in [0.2, 0.25) is 0 Å². The Labute approximate surface area is 91.1 Å². The van der Waals surface area contributed by atoms with Gasteiger partial charge in [-0.25, -0.2) is 0 Å². The smallest absolute Gasteiger partial charge is 0.0818 e. The summed E-state index contributed by atoms with van der Waals surface area (Å²) in [6.45, 7) is 0. The first-order valence-corrected chi connectivity index (χ1v) is 6.12. The van der Waals surface area contributed by atoms with Crippen molar-refractivity contribution in [2.24, 2.45) is 5.92 Å². The van der Waals surface area contributed by atoms with Gasteiger partial charge in [0.15, 0.2) is 0 Å². The Morgan fingerprint density at radius 2 is 1.67 bits per heavy atom. The Balaban J connectivity index is 1.73. The summed E-state index contributed by atoms with van der Waals surface area (Å²) in [7, 11) is 0. The zero-order chi connectivity index (χ0) is 10.3. The van der Waals surface area contributed by atoms with Crippen LogP contribution in [0.4, 0.5) is 0 Å². The summed E-state index contributed by atoms with van der Waals surface area (Å²) in [5, 5.41) is 10.1. The molecule has 0 spiro atoms. The lowest BCUT2D eigenvalue weighted by molar-refractivity contribution is 0.0621. The molecule has 2 aliphatic rings. The van der Waals surface area contributed by atoms with Gasteiger partial charge in [0.2, 0.25) is 0 Å². The summed E-state index contributed by atoms with van der Waals surface area (Å²) in [4.78, 5) is 0. The summed E-state index contributed by atoms with van der Waals surface area (Å²) in [5.74, 6) is 1.34. The van der Waals surface area contributed by atoms with Crippen LogP contribution in [0.5, 0.6) is 0 Å². The molecule has 0 bridgehead atoms. The third-order valence-electron chi connectivity index (χ3n) is 3.92. The molecule has 80 valence electrons. The van der Waals surface area contributed by atoms with Crippen molar-refractivity contribution in [3.8, 4) is 0 Å². The van der Waals surface area contributed by atoms with Crippen LogP contribution in [-0.4, -0.2) is 5.11 Å². The van der Waals surface area contributed by atoms with Crippen LogP contribution in [-0.2, 0) is 0 Å². The van der Waals surface area contributed by atoms with Gasteiger partial charge in [-0.15, -0.1) is 0 Å². The van der Waals surface area contributed by atoms with Crippen LogP contribution >= 0.6 is 0 Å². The summed E-state index contributed by atoms with van der Waals surface area (Å²) in [6.07, 6.45) is 6.18. The zero-order valence-corrected chi connectivity index (χ0v) is 9.02. The molecule has 0 amide bonds. The molecular weight excluding hydrogens is 184 g/mol. The van der Waals surface area contributed by atoms with E-state index >= 15 is 0 Å². The predicted molar refractivity (Wildman–Crippen MR) is 60.7 cm³/mol. The van der Waals surface area contributed by atoms with Gasteiger partial charge < -0.3 is 5.11 Å². The number of rotatable bonds is 3. The van der Waals surface area contributed by atoms with Gasteiger partial charge in [-0.3, -0.25) is 0 Å². The Morgan fingerprint density at radius 3 is 2.13 bits per heavy atom. The van der Waals surface area contributed by atoms with Gasteiger partial charge in [0.1, 0.15) is 0 Å². The van der Waals surface area contributed by atoms with Crippen LogP contribution in [0, 0.1) is 5.92 Å². The third-order valence-corrected chi connectivity index (χ3v) is 3.92. The average molecular weight is 202 g/mol. The van der Waals surface area contributed by atoms with Crippen LogP contribution in [0.15, 0.2) is 24.3 Å². The number of benzene rings is 1. The average Bonchev–Trinajstić information content (AvgIpc) is 2.98. The van der Waals surface area contributed by atoms with Crippen molar-refractivity contribution < 1.29 is 5.11 Å². The number of aliphatic hydroxyl groups is 1. The van der Waals surface area contributed by atoms with Crippen molar-refractivity contribution in [1.29, 1.82) is 0 Å². The molecule has 3 rings (SSSR count). The van der Waals surface area contributed by atoms with Crippen molar-refractivity contribution >= 4 is 0 Å². The highest BCUT2D eigenvalue weighted by molar-refractivity contribution is 5.29. The van der Waals surface area contributed by atoms with E-state index in [-0.39, 0.29) is 6.10 Å². The second kappa shape index (κ2) is 3.64. The van der Waals surface area contributed by atoms with E-state index in [2.05, 4.69) is 24.3 Å². The maximum absolute atomic E-state index is 10.1. The normalized spacial score (nSPS) is 23.5. The minimum atomic E-state index is -0.216. The van der Waals surface area contributed by atoms with Gasteiger partial charge in [-0.05, 0) is 48.6 Å². The highest BCUT2D eigenvalue weighted by Crippen LogP contribution is 2.41. The van der Waals surface area contributed by atoms with Crippen LogP contribution < -0.4 is 0 Å². The fraction of sp³-hybridized carbons (Fsp3) is 0.571. The second-order valence-electron chi connectivity index (χ2n) is 5.08. The van der Waals surface area contributed by atoms with Crippen LogP contribution in [0.3, 0.4) is 0 Å². The fourth-order valence-electron chi connectivity index (χ4n) is 2.41. The molecule has 1 atom stereocenters. The SMILES string of the molecule is OC(c1ccc(C2CC2)cc1)C1CCC1. The molecule has 1 heteroatoms. The molecule has 1 nitrogen and oxygen atoms in total. The Bertz CT molecular complexity index is 333. The standard InChI is InChI=1S/C14H18O/c15-14(12-2-1-3-12)13-8-6-11(7-9-13)10-4-5-10/h6-10,12,14-15H,1-5H2. The monoisotopic (exact) mass is 202 g/mol. The molecule has 2 saturated carbocycles. The van der Waals surface area contributed by atoms with Crippen molar-refractivity contribution in [2.75, 3.05) is 0 Å². The quantitative estimate of drug-likeness (QED) is 0.796. The number of hydrogen-bond acceptors (Lipinski definition) is 1. The van der Waals surface area contributed by atoms with Gasteiger partial charge in [0, 0.05) is 0 Å². The molecule has 0 heterocycles. The second-order valence-corrected chi connectivity index (χ2v) is 5.08. The lowest BCUT2D eigenvalue weighted by atomic mass is 9.79. The van der Waals surface area contributed by atoms with E-state index < -0.39 is 0 Å². The molecule has 2 fully saturated rings. The molecule has 2 aliphatic carbocycles.